The Bertz CT molecular complexity index is 424. The number of hydrogen-bond donors (Lipinski definition) is 1. The summed E-state index contributed by atoms with van der Waals surface area (Å²) in [6.07, 6.45) is 3.58. The fourth-order valence-corrected chi connectivity index (χ4v) is 3.27. The highest BCUT2D eigenvalue weighted by atomic mass is 35.5. The zero-order chi connectivity index (χ0) is 13.2. The third-order valence-corrected chi connectivity index (χ3v) is 4.68. The molecule has 1 N–H and O–H groups in total. The van der Waals surface area contributed by atoms with Gasteiger partial charge in [0.15, 0.2) is 0 Å². The number of rotatable bonds is 4. The molecule has 1 aliphatic rings. The molecule has 0 heterocycles. The van der Waals surface area contributed by atoms with Gasteiger partial charge in [-0.2, -0.15) is 0 Å². The number of likely N-dealkylation sites (N-methyl/N-ethyl adjacent to an activating group) is 1. The van der Waals surface area contributed by atoms with Crippen molar-refractivity contribution in [1.29, 1.82) is 0 Å². The summed E-state index contributed by atoms with van der Waals surface area (Å²) in [5, 5.41) is 4.54. The number of ether oxygens (including phenoxy) is 1. The molecule has 100 valence electrons. The van der Waals surface area contributed by atoms with Crippen LogP contribution in [-0.2, 0) is 10.2 Å². The maximum absolute atomic E-state index is 6.14. The van der Waals surface area contributed by atoms with Crippen LogP contribution in [0.15, 0.2) is 18.2 Å². The quantitative estimate of drug-likeness (QED) is 0.913. The summed E-state index contributed by atoms with van der Waals surface area (Å²) >= 11 is 12.1. The van der Waals surface area contributed by atoms with Gasteiger partial charge in [0.2, 0.25) is 0 Å². The minimum absolute atomic E-state index is 0.115. The standard InChI is InChI=1S/C14H19Cl2NO/c1-17-9-14(6-5-11(8-14)18-2)10-3-4-12(15)13(16)7-10/h3-4,7,11,17H,5-6,8-9H2,1-2H3. The minimum atomic E-state index is 0.115. The monoisotopic (exact) mass is 287 g/mol. The van der Waals surface area contributed by atoms with Crippen LogP contribution in [0.1, 0.15) is 24.8 Å². The zero-order valence-corrected chi connectivity index (χ0v) is 12.3. The van der Waals surface area contributed by atoms with E-state index in [1.54, 1.807) is 7.11 Å². The number of methoxy groups -OCH3 is 1. The molecule has 1 saturated carbocycles. The molecule has 0 radical (unpaired) electrons. The van der Waals surface area contributed by atoms with Gasteiger partial charge in [0.25, 0.3) is 0 Å². The largest absolute Gasteiger partial charge is 0.381 e. The zero-order valence-electron chi connectivity index (χ0n) is 10.8. The highest BCUT2D eigenvalue weighted by molar-refractivity contribution is 6.42. The van der Waals surface area contributed by atoms with Crippen molar-refractivity contribution in [3.05, 3.63) is 33.8 Å². The fourth-order valence-electron chi connectivity index (χ4n) is 2.97. The first-order chi connectivity index (χ1) is 8.61. The lowest BCUT2D eigenvalue weighted by Crippen LogP contribution is -2.35. The van der Waals surface area contributed by atoms with Gasteiger partial charge in [-0.25, -0.2) is 0 Å². The van der Waals surface area contributed by atoms with Crippen LogP contribution in [0.5, 0.6) is 0 Å². The van der Waals surface area contributed by atoms with Gasteiger partial charge in [0, 0.05) is 19.1 Å². The van der Waals surface area contributed by atoms with Crippen LogP contribution in [0, 0.1) is 0 Å². The van der Waals surface area contributed by atoms with Gasteiger partial charge >= 0.3 is 0 Å². The number of benzene rings is 1. The van der Waals surface area contributed by atoms with E-state index in [0.717, 1.165) is 25.8 Å². The number of halogens is 2. The van der Waals surface area contributed by atoms with E-state index in [2.05, 4.69) is 11.4 Å². The van der Waals surface area contributed by atoms with Crippen LogP contribution in [0.4, 0.5) is 0 Å². The highest BCUT2D eigenvalue weighted by Gasteiger charge is 2.40. The summed E-state index contributed by atoms with van der Waals surface area (Å²) in [6.45, 7) is 0.935. The van der Waals surface area contributed by atoms with Crippen LogP contribution < -0.4 is 5.32 Å². The van der Waals surface area contributed by atoms with Crippen molar-refractivity contribution < 1.29 is 4.74 Å². The Kier molecular flexibility index (Phi) is 4.54. The summed E-state index contributed by atoms with van der Waals surface area (Å²) in [7, 11) is 3.77. The molecule has 0 saturated heterocycles. The van der Waals surface area contributed by atoms with Gasteiger partial charge in [0.05, 0.1) is 16.1 Å². The van der Waals surface area contributed by atoms with Gasteiger partial charge in [-0.05, 0) is 44.0 Å². The second-order valence-electron chi connectivity index (χ2n) is 5.04. The number of nitrogens with one attached hydrogen (secondary N) is 1. The maximum atomic E-state index is 6.14. The minimum Gasteiger partial charge on any atom is -0.381 e. The van der Waals surface area contributed by atoms with E-state index in [0.29, 0.717) is 16.1 Å². The van der Waals surface area contributed by atoms with E-state index in [-0.39, 0.29) is 5.41 Å². The molecule has 0 spiro atoms. The molecule has 1 fully saturated rings. The molecule has 0 amide bonds. The average molecular weight is 288 g/mol. The van der Waals surface area contributed by atoms with Crippen molar-refractivity contribution in [2.24, 2.45) is 0 Å². The van der Waals surface area contributed by atoms with Crippen molar-refractivity contribution in [1.82, 2.24) is 5.32 Å². The average Bonchev–Trinajstić information content (AvgIpc) is 2.78. The van der Waals surface area contributed by atoms with Gasteiger partial charge in [-0.15, -0.1) is 0 Å². The summed E-state index contributed by atoms with van der Waals surface area (Å²) < 4.78 is 5.50. The summed E-state index contributed by atoms with van der Waals surface area (Å²) in [4.78, 5) is 0. The summed E-state index contributed by atoms with van der Waals surface area (Å²) in [5.74, 6) is 0. The molecule has 2 nitrogen and oxygen atoms in total. The van der Waals surface area contributed by atoms with E-state index < -0.39 is 0 Å². The van der Waals surface area contributed by atoms with E-state index >= 15 is 0 Å². The highest BCUT2D eigenvalue weighted by Crippen LogP contribution is 2.43. The Labute approximate surface area is 119 Å². The van der Waals surface area contributed by atoms with Gasteiger partial charge in [-0.3, -0.25) is 0 Å². The normalized spacial score (nSPS) is 27.7. The summed E-state index contributed by atoms with van der Waals surface area (Å²) in [5.41, 5.74) is 1.37. The smallest absolute Gasteiger partial charge is 0.0595 e. The molecule has 2 unspecified atom stereocenters. The Morgan fingerprint density at radius 2 is 2.17 bits per heavy atom. The van der Waals surface area contributed by atoms with Gasteiger partial charge in [0.1, 0.15) is 0 Å². The molecule has 0 aromatic heterocycles. The van der Waals surface area contributed by atoms with Crippen LogP contribution in [-0.4, -0.2) is 26.8 Å². The van der Waals surface area contributed by atoms with Crippen LogP contribution in [0.25, 0.3) is 0 Å². The molecule has 1 aromatic rings. The lowest BCUT2D eigenvalue weighted by molar-refractivity contribution is 0.103. The Hall–Kier alpha value is -0.280. The maximum Gasteiger partial charge on any atom is 0.0595 e. The van der Waals surface area contributed by atoms with Gasteiger partial charge < -0.3 is 10.1 Å². The molecule has 4 heteroatoms. The first-order valence-electron chi connectivity index (χ1n) is 6.24. The molecule has 18 heavy (non-hydrogen) atoms. The molecular formula is C14H19Cl2NO. The predicted octanol–water partition coefficient (Wildman–Crippen LogP) is 3.65. The molecule has 0 aliphatic heterocycles. The lowest BCUT2D eigenvalue weighted by Gasteiger charge is -2.30. The Balaban J connectivity index is 2.32. The molecule has 2 rings (SSSR count). The van der Waals surface area contributed by atoms with E-state index in [9.17, 15) is 0 Å². The molecule has 1 aromatic carbocycles. The Morgan fingerprint density at radius 1 is 1.39 bits per heavy atom. The topological polar surface area (TPSA) is 21.3 Å². The number of hydrogen-bond acceptors (Lipinski definition) is 2. The van der Waals surface area contributed by atoms with Crippen LogP contribution >= 0.6 is 23.2 Å². The van der Waals surface area contributed by atoms with E-state index in [1.807, 2.05) is 19.2 Å². The van der Waals surface area contributed by atoms with Crippen molar-refractivity contribution >= 4 is 23.2 Å². The third-order valence-electron chi connectivity index (χ3n) is 3.94. The van der Waals surface area contributed by atoms with Crippen molar-refractivity contribution in [3.63, 3.8) is 0 Å². The lowest BCUT2D eigenvalue weighted by atomic mass is 9.78. The Morgan fingerprint density at radius 3 is 2.72 bits per heavy atom. The second kappa shape index (κ2) is 5.79. The van der Waals surface area contributed by atoms with Crippen molar-refractivity contribution in [2.45, 2.75) is 30.8 Å². The fraction of sp³-hybridized carbons (Fsp3) is 0.571. The SMILES string of the molecule is CNCC1(c2ccc(Cl)c(Cl)c2)CCC(OC)C1. The van der Waals surface area contributed by atoms with Crippen LogP contribution in [0.2, 0.25) is 10.0 Å². The van der Waals surface area contributed by atoms with Crippen molar-refractivity contribution in [2.75, 3.05) is 20.7 Å². The second-order valence-corrected chi connectivity index (χ2v) is 5.85. The first-order valence-corrected chi connectivity index (χ1v) is 7.00. The van der Waals surface area contributed by atoms with Crippen molar-refractivity contribution in [3.8, 4) is 0 Å². The van der Waals surface area contributed by atoms with E-state index in [4.69, 9.17) is 27.9 Å². The van der Waals surface area contributed by atoms with Gasteiger partial charge in [-0.1, -0.05) is 29.3 Å². The molecule has 0 bridgehead atoms. The van der Waals surface area contributed by atoms with E-state index in [1.165, 1.54) is 5.56 Å². The molecule has 2 atom stereocenters. The summed E-state index contributed by atoms with van der Waals surface area (Å²) in [6, 6.07) is 5.97. The molecular weight excluding hydrogens is 269 g/mol. The first kappa shape index (κ1) is 14.1. The predicted molar refractivity (Wildman–Crippen MR) is 76.7 cm³/mol. The third kappa shape index (κ3) is 2.67. The van der Waals surface area contributed by atoms with Crippen LogP contribution in [0.3, 0.4) is 0 Å². The molecule has 1 aliphatic carbocycles.